The molecule has 0 aromatic heterocycles. The number of halogens is 1. The Labute approximate surface area is 143 Å². The molecular formula is C23H21F. The second-order valence-electron chi connectivity index (χ2n) is 6.18. The number of unbranched alkanes of at least 4 members (excludes halogenated alkanes) is 1. The lowest BCUT2D eigenvalue weighted by Gasteiger charge is -2.03. The molecule has 3 aromatic rings. The van der Waals surface area contributed by atoms with E-state index in [9.17, 15) is 4.39 Å². The van der Waals surface area contributed by atoms with Gasteiger partial charge < -0.3 is 0 Å². The minimum Gasteiger partial charge on any atom is -0.206 e. The third-order valence-corrected chi connectivity index (χ3v) is 4.27. The molecule has 0 N–H and O–H groups in total. The first-order chi connectivity index (χ1) is 11.7. The molecule has 0 unspecified atom stereocenters. The highest BCUT2D eigenvalue weighted by atomic mass is 19.1. The normalized spacial score (nSPS) is 10.5. The second-order valence-corrected chi connectivity index (χ2v) is 6.18. The predicted octanol–water partition coefficient (Wildman–Crippen LogP) is 6.03. The first kappa shape index (κ1) is 16.3. The summed E-state index contributed by atoms with van der Waals surface area (Å²) in [5.74, 6) is 6.22. The maximum absolute atomic E-state index is 14.1. The van der Waals surface area contributed by atoms with Crippen molar-refractivity contribution in [1.82, 2.24) is 0 Å². The Hall–Kier alpha value is -2.59. The Kier molecular flexibility index (Phi) is 4.96. The van der Waals surface area contributed by atoms with Crippen LogP contribution in [0.5, 0.6) is 0 Å². The summed E-state index contributed by atoms with van der Waals surface area (Å²) >= 11 is 0. The van der Waals surface area contributed by atoms with E-state index in [1.807, 2.05) is 30.3 Å². The fourth-order valence-electron chi connectivity index (χ4n) is 2.76. The number of fused-ring (bicyclic) bond motifs is 1. The van der Waals surface area contributed by atoms with Gasteiger partial charge in [0.25, 0.3) is 0 Å². The van der Waals surface area contributed by atoms with Crippen LogP contribution in [0.3, 0.4) is 0 Å². The van der Waals surface area contributed by atoms with Crippen molar-refractivity contribution in [3.05, 3.63) is 82.7 Å². The third-order valence-electron chi connectivity index (χ3n) is 4.27. The van der Waals surface area contributed by atoms with Crippen LogP contribution in [0.4, 0.5) is 4.39 Å². The minimum atomic E-state index is -0.144. The Morgan fingerprint density at radius 3 is 2.33 bits per heavy atom. The van der Waals surface area contributed by atoms with Crippen molar-refractivity contribution in [1.29, 1.82) is 0 Å². The van der Waals surface area contributed by atoms with Crippen LogP contribution >= 0.6 is 0 Å². The summed E-state index contributed by atoms with van der Waals surface area (Å²) in [6.07, 6.45) is 3.56. The van der Waals surface area contributed by atoms with Crippen molar-refractivity contribution < 1.29 is 4.39 Å². The third kappa shape index (κ3) is 3.66. The summed E-state index contributed by atoms with van der Waals surface area (Å²) in [5.41, 5.74) is 3.94. The molecule has 0 nitrogen and oxygen atoms in total. The Morgan fingerprint density at radius 2 is 1.58 bits per heavy atom. The molecule has 0 spiro atoms. The Bertz CT molecular complexity index is 908. The van der Waals surface area contributed by atoms with Crippen molar-refractivity contribution in [3.8, 4) is 11.8 Å². The first-order valence-electron chi connectivity index (χ1n) is 8.47. The lowest BCUT2D eigenvalue weighted by atomic mass is 10.0. The van der Waals surface area contributed by atoms with E-state index >= 15 is 0 Å². The van der Waals surface area contributed by atoms with E-state index < -0.39 is 0 Å². The van der Waals surface area contributed by atoms with Gasteiger partial charge in [-0.15, -0.1) is 0 Å². The lowest BCUT2D eigenvalue weighted by molar-refractivity contribution is 0.631. The van der Waals surface area contributed by atoms with E-state index in [1.165, 1.54) is 18.4 Å². The van der Waals surface area contributed by atoms with Gasteiger partial charge in [-0.05, 0) is 60.5 Å². The molecule has 0 radical (unpaired) electrons. The van der Waals surface area contributed by atoms with Gasteiger partial charge in [-0.2, -0.15) is 0 Å². The minimum absolute atomic E-state index is 0.144. The zero-order valence-electron chi connectivity index (χ0n) is 14.2. The van der Waals surface area contributed by atoms with E-state index in [-0.39, 0.29) is 5.82 Å². The van der Waals surface area contributed by atoms with Gasteiger partial charge in [-0.3, -0.25) is 0 Å². The van der Waals surface area contributed by atoms with Crippen LogP contribution in [0.15, 0.2) is 54.6 Å². The van der Waals surface area contributed by atoms with Crippen LogP contribution in [-0.2, 0) is 6.42 Å². The van der Waals surface area contributed by atoms with Gasteiger partial charge in [-0.25, -0.2) is 4.39 Å². The molecule has 0 aliphatic heterocycles. The zero-order valence-corrected chi connectivity index (χ0v) is 14.2. The molecule has 120 valence electrons. The monoisotopic (exact) mass is 316 g/mol. The average Bonchev–Trinajstić information content (AvgIpc) is 2.62. The van der Waals surface area contributed by atoms with E-state index in [2.05, 4.69) is 43.0 Å². The average molecular weight is 316 g/mol. The molecule has 0 amide bonds. The molecule has 1 heteroatoms. The highest BCUT2D eigenvalue weighted by Crippen LogP contribution is 2.21. The summed E-state index contributed by atoms with van der Waals surface area (Å²) in [6.45, 7) is 3.99. The number of hydrogen-bond acceptors (Lipinski definition) is 0. The van der Waals surface area contributed by atoms with E-state index in [1.54, 1.807) is 6.92 Å². The van der Waals surface area contributed by atoms with Crippen LogP contribution in [0.1, 0.15) is 42.0 Å². The standard InChI is InChI=1S/C23H21F/c1-3-4-5-18-7-9-19(10-8-18)11-12-20-13-15-22-21(16-20)14-6-17(2)23(22)24/h6-10,13-16H,3-5H2,1-2H3. The van der Waals surface area contributed by atoms with Crippen molar-refractivity contribution in [2.75, 3.05) is 0 Å². The van der Waals surface area contributed by atoms with Crippen LogP contribution in [0.2, 0.25) is 0 Å². The maximum atomic E-state index is 14.1. The Morgan fingerprint density at radius 1 is 0.875 bits per heavy atom. The van der Waals surface area contributed by atoms with Gasteiger partial charge in [0.1, 0.15) is 5.82 Å². The molecule has 0 heterocycles. The molecule has 3 rings (SSSR count). The highest BCUT2D eigenvalue weighted by molar-refractivity contribution is 5.85. The molecule has 0 atom stereocenters. The van der Waals surface area contributed by atoms with Gasteiger partial charge in [0, 0.05) is 16.5 Å². The quantitative estimate of drug-likeness (QED) is 0.518. The molecule has 0 saturated carbocycles. The molecular weight excluding hydrogens is 295 g/mol. The SMILES string of the molecule is CCCCc1ccc(C#Cc2ccc3c(F)c(C)ccc3c2)cc1. The van der Waals surface area contributed by atoms with Crippen molar-refractivity contribution in [2.45, 2.75) is 33.1 Å². The van der Waals surface area contributed by atoms with E-state index in [4.69, 9.17) is 0 Å². The Balaban J connectivity index is 1.83. The van der Waals surface area contributed by atoms with Crippen molar-refractivity contribution in [3.63, 3.8) is 0 Å². The molecule has 0 saturated heterocycles. The lowest BCUT2D eigenvalue weighted by Crippen LogP contribution is -1.86. The predicted molar refractivity (Wildman–Crippen MR) is 99.7 cm³/mol. The summed E-state index contributed by atoms with van der Waals surface area (Å²) in [6, 6.07) is 17.8. The number of rotatable bonds is 3. The number of hydrogen-bond donors (Lipinski definition) is 0. The summed E-state index contributed by atoms with van der Waals surface area (Å²) in [5, 5.41) is 1.54. The maximum Gasteiger partial charge on any atom is 0.133 e. The van der Waals surface area contributed by atoms with Gasteiger partial charge in [0.05, 0.1) is 0 Å². The summed E-state index contributed by atoms with van der Waals surface area (Å²) in [4.78, 5) is 0. The smallest absolute Gasteiger partial charge is 0.133 e. The molecule has 24 heavy (non-hydrogen) atoms. The van der Waals surface area contributed by atoms with Gasteiger partial charge >= 0.3 is 0 Å². The highest BCUT2D eigenvalue weighted by Gasteiger charge is 2.03. The van der Waals surface area contributed by atoms with Gasteiger partial charge in [0.2, 0.25) is 0 Å². The van der Waals surface area contributed by atoms with Crippen LogP contribution in [-0.4, -0.2) is 0 Å². The molecule has 3 aromatic carbocycles. The summed E-state index contributed by atoms with van der Waals surface area (Å²) < 4.78 is 14.1. The van der Waals surface area contributed by atoms with Crippen molar-refractivity contribution >= 4 is 10.8 Å². The van der Waals surface area contributed by atoms with Crippen LogP contribution in [0, 0.1) is 24.6 Å². The molecule has 0 fully saturated rings. The number of aryl methyl sites for hydroxylation is 2. The molecule has 0 bridgehead atoms. The summed E-state index contributed by atoms with van der Waals surface area (Å²) in [7, 11) is 0. The van der Waals surface area contributed by atoms with Crippen LogP contribution < -0.4 is 0 Å². The van der Waals surface area contributed by atoms with Crippen molar-refractivity contribution in [2.24, 2.45) is 0 Å². The number of benzene rings is 3. The second kappa shape index (κ2) is 7.32. The fraction of sp³-hybridized carbons (Fsp3) is 0.217. The topological polar surface area (TPSA) is 0 Å². The molecule has 0 aliphatic rings. The fourth-order valence-corrected chi connectivity index (χ4v) is 2.76. The largest absolute Gasteiger partial charge is 0.206 e. The zero-order chi connectivity index (χ0) is 16.9. The van der Waals surface area contributed by atoms with E-state index in [0.29, 0.717) is 10.9 Å². The van der Waals surface area contributed by atoms with Gasteiger partial charge in [0.15, 0.2) is 0 Å². The first-order valence-corrected chi connectivity index (χ1v) is 8.47. The van der Waals surface area contributed by atoms with Crippen LogP contribution in [0.25, 0.3) is 10.8 Å². The van der Waals surface area contributed by atoms with E-state index in [0.717, 1.165) is 22.9 Å². The molecule has 0 aliphatic carbocycles. The van der Waals surface area contributed by atoms with Gasteiger partial charge in [-0.1, -0.05) is 55.5 Å².